The molecule has 6 heteroatoms. The summed E-state index contributed by atoms with van der Waals surface area (Å²) in [5.74, 6) is 0.470. The van der Waals surface area contributed by atoms with Crippen molar-refractivity contribution in [2.75, 3.05) is 23.3 Å². The molecule has 1 amide bonds. The maximum absolute atomic E-state index is 12.4. The lowest BCUT2D eigenvalue weighted by Crippen LogP contribution is -2.23. The number of nitrogens with one attached hydrogen (secondary N) is 1. The number of hydrogen-bond acceptors (Lipinski definition) is 5. The Kier molecular flexibility index (Phi) is 5.02. The van der Waals surface area contributed by atoms with Crippen LogP contribution >= 0.6 is 11.3 Å². The van der Waals surface area contributed by atoms with Gasteiger partial charge in [0.25, 0.3) is 5.91 Å². The van der Waals surface area contributed by atoms with Crippen LogP contribution in [0.1, 0.15) is 36.2 Å². The third-order valence-electron chi connectivity index (χ3n) is 4.57. The molecule has 26 heavy (non-hydrogen) atoms. The minimum Gasteiger partial charge on any atom is -0.462 e. The van der Waals surface area contributed by atoms with Gasteiger partial charge in [-0.3, -0.25) is 4.79 Å². The van der Waals surface area contributed by atoms with Gasteiger partial charge in [0.05, 0.1) is 6.26 Å². The molecular formula is C20H21N3O2S. The van der Waals surface area contributed by atoms with Gasteiger partial charge in [-0.05, 0) is 49.2 Å². The third-order valence-corrected chi connectivity index (χ3v) is 5.42. The van der Waals surface area contributed by atoms with Crippen molar-refractivity contribution in [1.29, 1.82) is 0 Å². The van der Waals surface area contributed by atoms with Gasteiger partial charge in [-0.1, -0.05) is 12.8 Å². The number of benzene rings is 1. The smallest absolute Gasteiger partial charge is 0.275 e. The summed E-state index contributed by atoms with van der Waals surface area (Å²) in [5.41, 5.74) is 2.40. The van der Waals surface area contributed by atoms with E-state index in [1.165, 1.54) is 42.7 Å². The first-order valence-corrected chi connectivity index (χ1v) is 9.83. The van der Waals surface area contributed by atoms with E-state index in [1.54, 1.807) is 11.6 Å². The van der Waals surface area contributed by atoms with Gasteiger partial charge in [-0.2, -0.15) is 0 Å². The van der Waals surface area contributed by atoms with E-state index in [1.807, 2.05) is 24.3 Å². The highest BCUT2D eigenvalue weighted by molar-refractivity contribution is 7.13. The van der Waals surface area contributed by atoms with E-state index in [4.69, 9.17) is 4.42 Å². The van der Waals surface area contributed by atoms with Gasteiger partial charge in [0.2, 0.25) is 0 Å². The number of rotatable bonds is 4. The average Bonchev–Trinajstić information content (AvgIpc) is 3.29. The van der Waals surface area contributed by atoms with Crippen molar-refractivity contribution in [2.24, 2.45) is 0 Å². The molecule has 5 nitrogen and oxygen atoms in total. The zero-order chi connectivity index (χ0) is 17.8. The van der Waals surface area contributed by atoms with E-state index in [0.717, 1.165) is 18.8 Å². The van der Waals surface area contributed by atoms with E-state index in [2.05, 4.69) is 27.3 Å². The highest BCUT2D eigenvalue weighted by Gasteiger charge is 2.14. The first-order valence-electron chi connectivity index (χ1n) is 8.95. The van der Waals surface area contributed by atoms with Crippen LogP contribution in [-0.4, -0.2) is 24.0 Å². The summed E-state index contributed by atoms with van der Waals surface area (Å²) >= 11 is 1.40. The second kappa shape index (κ2) is 7.74. The van der Waals surface area contributed by atoms with Crippen LogP contribution in [0.5, 0.6) is 0 Å². The predicted molar refractivity (Wildman–Crippen MR) is 105 cm³/mol. The number of amides is 1. The molecule has 1 aliphatic rings. The Labute approximate surface area is 156 Å². The van der Waals surface area contributed by atoms with E-state index in [-0.39, 0.29) is 5.91 Å². The summed E-state index contributed by atoms with van der Waals surface area (Å²) in [6.45, 7) is 2.22. The Bertz CT molecular complexity index is 848. The normalized spacial score (nSPS) is 14.8. The number of aromatic nitrogens is 1. The maximum Gasteiger partial charge on any atom is 0.275 e. The summed E-state index contributed by atoms with van der Waals surface area (Å²) in [6.07, 6.45) is 6.74. The molecular weight excluding hydrogens is 346 g/mol. The van der Waals surface area contributed by atoms with Crippen LogP contribution in [0.15, 0.2) is 52.5 Å². The van der Waals surface area contributed by atoms with Gasteiger partial charge < -0.3 is 14.6 Å². The fraction of sp³-hybridized carbons (Fsp3) is 0.300. The van der Waals surface area contributed by atoms with Crippen molar-refractivity contribution in [3.05, 3.63) is 53.7 Å². The molecule has 0 spiro atoms. The average molecular weight is 367 g/mol. The van der Waals surface area contributed by atoms with Crippen LogP contribution < -0.4 is 10.2 Å². The Morgan fingerprint density at radius 2 is 1.85 bits per heavy atom. The number of thiazole rings is 1. The van der Waals surface area contributed by atoms with Crippen molar-refractivity contribution in [2.45, 2.75) is 25.7 Å². The molecule has 1 N–H and O–H groups in total. The molecule has 0 unspecified atom stereocenters. The summed E-state index contributed by atoms with van der Waals surface area (Å²) in [6, 6.07) is 11.7. The summed E-state index contributed by atoms with van der Waals surface area (Å²) in [4.78, 5) is 19.2. The lowest BCUT2D eigenvalue weighted by atomic mass is 10.2. The highest BCUT2D eigenvalue weighted by Crippen LogP contribution is 2.25. The van der Waals surface area contributed by atoms with Crippen molar-refractivity contribution in [3.63, 3.8) is 0 Å². The number of anilines is 2. The third kappa shape index (κ3) is 3.80. The van der Waals surface area contributed by atoms with Gasteiger partial charge in [-0.15, -0.1) is 11.3 Å². The molecule has 2 aromatic heterocycles. The highest BCUT2D eigenvalue weighted by atomic mass is 32.1. The Morgan fingerprint density at radius 1 is 1.08 bits per heavy atom. The topological polar surface area (TPSA) is 58.4 Å². The zero-order valence-corrected chi connectivity index (χ0v) is 15.3. The number of furan rings is 1. The van der Waals surface area contributed by atoms with Gasteiger partial charge in [0.1, 0.15) is 5.69 Å². The van der Waals surface area contributed by atoms with E-state index >= 15 is 0 Å². The van der Waals surface area contributed by atoms with Crippen LogP contribution in [0.25, 0.3) is 10.8 Å². The Balaban J connectivity index is 1.41. The lowest BCUT2D eigenvalue weighted by Gasteiger charge is -2.22. The minimum absolute atomic E-state index is 0.207. The van der Waals surface area contributed by atoms with Gasteiger partial charge >= 0.3 is 0 Å². The molecule has 0 saturated carbocycles. The van der Waals surface area contributed by atoms with Gasteiger partial charge in [-0.25, -0.2) is 4.98 Å². The van der Waals surface area contributed by atoms with E-state index in [0.29, 0.717) is 16.5 Å². The zero-order valence-electron chi connectivity index (χ0n) is 14.5. The van der Waals surface area contributed by atoms with Crippen molar-refractivity contribution >= 4 is 28.6 Å². The number of carbonyl (C=O) groups is 1. The molecule has 0 radical (unpaired) electrons. The second-order valence-electron chi connectivity index (χ2n) is 6.42. The van der Waals surface area contributed by atoms with Crippen molar-refractivity contribution < 1.29 is 9.21 Å². The number of hydrogen-bond donors (Lipinski definition) is 1. The van der Waals surface area contributed by atoms with Crippen LogP contribution in [0, 0.1) is 0 Å². The first-order chi connectivity index (χ1) is 12.8. The van der Waals surface area contributed by atoms with Crippen molar-refractivity contribution in [3.8, 4) is 10.8 Å². The maximum atomic E-state index is 12.4. The molecule has 3 aromatic rings. The molecule has 1 aliphatic heterocycles. The fourth-order valence-electron chi connectivity index (χ4n) is 3.17. The molecule has 4 rings (SSSR count). The standard InChI is InChI=1S/C20H21N3O2S/c24-19(17-14-26-20(22-17)18-6-5-13-25-18)21-15-7-9-16(10-8-15)23-11-3-1-2-4-12-23/h5-10,13-14H,1-4,11-12H2,(H,21,24). The van der Waals surface area contributed by atoms with Gasteiger partial charge in [0, 0.05) is 29.8 Å². The molecule has 0 bridgehead atoms. The van der Waals surface area contributed by atoms with E-state index < -0.39 is 0 Å². The lowest BCUT2D eigenvalue weighted by molar-refractivity contribution is 0.102. The Morgan fingerprint density at radius 3 is 2.54 bits per heavy atom. The summed E-state index contributed by atoms with van der Waals surface area (Å²) in [5, 5.41) is 5.37. The Hall–Kier alpha value is -2.60. The molecule has 1 fully saturated rings. The fourth-order valence-corrected chi connectivity index (χ4v) is 3.94. The van der Waals surface area contributed by atoms with Crippen LogP contribution in [0.3, 0.4) is 0 Å². The molecule has 0 aliphatic carbocycles. The first kappa shape index (κ1) is 16.8. The molecule has 134 valence electrons. The SMILES string of the molecule is O=C(Nc1ccc(N2CCCCCC2)cc1)c1csc(-c2ccco2)n1. The van der Waals surface area contributed by atoms with Gasteiger partial charge in [0.15, 0.2) is 10.8 Å². The van der Waals surface area contributed by atoms with E-state index in [9.17, 15) is 4.79 Å². The quantitative estimate of drug-likeness (QED) is 0.702. The molecule has 1 aromatic carbocycles. The van der Waals surface area contributed by atoms with Crippen LogP contribution in [0.2, 0.25) is 0 Å². The second-order valence-corrected chi connectivity index (χ2v) is 7.28. The molecule has 3 heterocycles. The van der Waals surface area contributed by atoms with Crippen LogP contribution in [-0.2, 0) is 0 Å². The number of carbonyl (C=O) groups excluding carboxylic acids is 1. The summed E-state index contributed by atoms with van der Waals surface area (Å²) in [7, 11) is 0. The molecule has 1 saturated heterocycles. The predicted octanol–water partition coefficient (Wildman–Crippen LogP) is 5.04. The minimum atomic E-state index is -0.207. The van der Waals surface area contributed by atoms with Crippen LogP contribution in [0.4, 0.5) is 11.4 Å². The molecule has 0 atom stereocenters. The monoisotopic (exact) mass is 367 g/mol. The number of nitrogens with zero attached hydrogens (tertiary/aromatic N) is 2. The largest absolute Gasteiger partial charge is 0.462 e. The van der Waals surface area contributed by atoms with Crippen molar-refractivity contribution in [1.82, 2.24) is 4.98 Å². The summed E-state index contributed by atoms with van der Waals surface area (Å²) < 4.78 is 5.32.